The van der Waals surface area contributed by atoms with E-state index in [1.165, 1.54) is 0 Å². The molecule has 0 spiro atoms. The molecule has 7 heteroatoms. The van der Waals surface area contributed by atoms with Crippen LogP contribution >= 0.6 is 0 Å². The van der Waals surface area contributed by atoms with Crippen molar-refractivity contribution in [2.24, 2.45) is 7.05 Å². The second kappa shape index (κ2) is 7.83. The summed E-state index contributed by atoms with van der Waals surface area (Å²) in [5.41, 5.74) is 6.88. The van der Waals surface area contributed by atoms with E-state index in [0.29, 0.717) is 23.6 Å². The average molecular weight is 416 g/mol. The highest BCUT2D eigenvalue weighted by atomic mass is 16.5. The molecule has 1 aliphatic rings. The van der Waals surface area contributed by atoms with E-state index >= 15 is 0 Å². The highest BCUT2D eigenvalue weighted by Crippen LogP contribution is 2.37. The van der Waals surface area contributed by atoms with E-state index in [1.54, 1.807) is 19.3 Å². The van der Waals surface area contributed by atoms with E-state index in [9.17, 15) is 9.59 Å². The minimum absolute atomic E-state index is 0.218. The maximum Gasteiger partial charge on any atom is 0.340 e. The minimum atomic E-state index is -0.355. The summed E-state index contributed by atoms with van der Waals surface area (Å²) in [5.74, 6) is -0.0308. The summed E-state index contributed by atoms with van der Waals surface area (Å²) in [4.78, 5) is 33.9. The molecule has 1 amide bonds. The summed E-state index contributed by atoms with van der Waals surface area (Å²) in [7, 11) is 1.88. The van der Waals surface area contributed by atoms with Gasteiger partial charge in [-0.25, -0.2) is 9.78 Å². The van der Waals surface area contributed by atoms with Crippen LogP contribution in [0.15, 0.2) is 30.6 Å². The van der Waals surface area contributed by atoms with Crippen molar-refractivity contribution >= 4 is 29.3 Å². The number of nitrogens with zero attached hydrogens (tertiary/aromatic N) is 3. The molecule has 0 unspecified atom stereocenters. The summed E-state index contributed by atoms with van der Waals surface area (Å²) in [5, 5.41) is 2.86. The Labute approximate surface area is 180 Å². The van der Waals surface area contributed by atoms with Crippen molar-refractivity contribution in [3.05, 3.63) is 64.4 Å². The number of rotatable bonds is 4. The number of aryl methyl sites for hydroxylation is 1. The Morgan fingerprint density at radius 3 is 2.58 bits per heavy atom. The number of anilines is 1. The molecule has 0 bridgehead atoms. The molecule has 4 heterocycles. The molecule has 0 radical (unpaired) electrons. The van der Waals surface area contributed by atoms with Gasteiger partial charge in [-0.1, -0.05) is 0 Å². The molecule has 4 rings (SSSR count). The van der Waals surface area contributed by atoms with Crippen molar-refractivity contribution in [3.63, 3.8) is 0 Å². The number of fused-ring (bicyclic) bond motifs is 1. The number of pyridine rings is 2. The van der Waals surface area contributed by atoms with Gasteiger partial charge in [0.25, 0.3) is 5.91 Å². The Hall–Kier alpha value is -3.74. The fraction of sp³-hybridized carbons (Fsp3) is 0.250. The second-order valence-electron chi connectivity index (χ2n) is 7.52. The number of carbonyl (C=O) groups is 2. The van der Waals surface area contributed by atoms with Gasteiger partial charge in [0.15, 0.2) is 0 Å². The monoisotopic (exact) mass is 416 g/mol. The zero-order valence-corrected chi connectivity index (χ0v) is 18.2. The number of hydrogen-bond acceptors (Lipinski definition) is 5. The molecule has 0 saturated heterocycles. The summed E-state index contributed by atoms with van der Waals surface area (Å²) in [6, 6.07) is 5.81. The number of esters is 1. The standard InChI is InChI=1S/C24H24N4O3/c1-6-31-24(30)21-13(2)20(28(5)15(21)4)12-19-18-11-17(16-7-9-25-10-8-16)14(3)26-22(18)27-23(19)29/h7-12H,6H2,1-5H3,(H,26,27,29). The largest absolute Gasteiger partial charge is 0.462 e. The molecule has 1 N–H and O–H groups in total. The molecular weight excluding hydrogens is 392 g/mol. The van der Waals surface area contributed by atoms with Crippen molar-refractivity contribution < 1.29 is 14.3 Å². The van der Waals surface area contributed by atoms with Crippen LogP contribution in [-0.4, -0.2) is 33.0 Å². The number of nitrogens with one attached hydrogen (secondary N) is 1. The van der Waals surface area contributed by atoms with Crippen molar-refractivity contribution in [1.82, 2.24) is 14.5 Å². The molecule has 31 heavy (non-hydrogen) atoms. The Balaban J connectivity index is 1.86. The molecule has 0 atom stereocenters. The molecule has 0 saturated carbocycles. The highest BCUT2D eigenvalue weighted by molar-refractivity contribution is 6.34. The van der Waals surface area contributed by atoms with Crippen LogP contribution in [0.3, 0.4) is 0 Å². The highest BCUT2D eigenvalue weighted by Gasteiger charge is 2.29. The first-order valence-electron chi connectivity index (χ1n) is 10.1. The summed E-state index contributed by atoms with van der Waals surface area (Å²) < 4.78 is 7.12. The summed E-state index contributed by atoms with van der Waals surface area (Å²) in [6.07, 6.45) is 5.28. The van der Waals surface area contributed by atoms with Crippen molar-refractivity contribution in [3.8, 4) is 11.1 Å². The van der Waals surface area contributed by atoms with Gasteiger partial charge in [-0.05, 0) is 63.1 Å². The van der Waals surface area contributed by atoms with Crippen LogP contribution in [0.1, 0.15) is 45.5 Å². The number of hydrogen-bond donors (Lipinski definition) is 1. The second-order valence-corrected chi connectivity index (χ2v) is 7.52. The molecule has 3 aromatic heterocycles. The van der Waals surface area contributed by atoms with Crippen LogP contribution in [0.5, 0.6) is 0 Å². The van der Waals surface area contributed by atoms with Gasteiger partial charge in [-0.2, -0.15) is 0 Å². The van der Waals surface area contributed by atoms with Gasteiger partial charge in [-0.15, -0.1) is 0 Å². The van der Waals surface area contributed by atoms with Gasteiger partial charge in [0, 0.05) is 47.7 Å². The van der Waals surface area contributed by atoms with Gasteiger partial charge in [0.1, 0.15) is 5.82 Å². The third-order valence-electron chi connectivity index (χ3n) is 5.72. The molecular formula is C24H24N4O3. The van der Waals surface area contributed by atoms with E-state index in [-0.39, 0.29) is 11.9 Å². The Bertz CT molecular complexity index is 1240. The first-order valence-corrected chi connectivity index (χ1v) is 10.1. The van der Waals surface area contributed by atoms with Crippen molar-refractivity contribution in [2.75, 3.05) is 11.9 Å². The van der Waals surface area contributed by atoms with Crippen LogP contribution in [0.4, 0.5) is 5.82 Å². The quantitative estimate of drug-likeness (QED) is 0.512. The fourth-order valence-electron chi connectivity index (χ4n) is 4.02. The third-order valence-corrected chi connectivity index (χ3v) is 5.72. The van der Waals surface area contributed by atoms with Crippen LogP contribution in [0.2, 0.25) is 0 Å². The van der Waals surface area contributed by atoms with E-state index in [0.717, 1.165) is 39.3 Å². The number of amides is 1. The van der Waals surface area contributed by atoms with Gasteiger partial charge in [-0.3, -0.25) is 9.78 Å². The first kappa shape index (κ1) is 20.5. The number of ether oxygens (including phenoxy) is 1. The lowest BCUT2D eigenvalue weighted by Crippen LogP contribution is -2.07. The number of aromatic nitrogens is 3. The van der Waals surface area contributed by atoms with E-state index in [2.05, 4.69) is 15.3 Å². The van der Waals surface area contributed by atoms with Gasteiger partial charge < -0.3 is 14.6 Å². The molecule has 3 aromatic rings. The average Bonchev–Trinajstić information content (AvgIpc) is 3.15. The molecule has 158 valence electrons. The Morgan fingerprint density at radius 2 is 1.90 bits per heavy atom. The number of carbonyl (C=O) groups excluding carboxylic acids is 2. The lowest BCUT2D eigenvalue weighted by Gasteiger charge is -2.08. The molecule has 1 aliphatic heterocycles. The molecule has 0 aliphatic carbocycles. The fourth-order valence-corrected chi connectivity index (χ4v) is 4.02. The van der Waals surface area contributed by atoms with Gasteiger partial charge >= 0.3 is 5.97 Å². The van der Waals surface area contributed by atoms with E-state index < -0.39 is 0 Å². The van der Waals surface area contributed by atoms with E-state index in [1.807, 2.05) is 56.7 Å². The van der Waals surface area contributed by atoms with Crippen LogP contribution in [-0.2, 0) is 16.6 Å². The smallest absolute Gasteiger partial charge is 0.340 e. The van der Waals surface area contributed by atoms with Crippen LogP contribution < -0.4 is 5.32 Å². The minimum Gasteiger partial charge on any atom is -0.462 e. The normalized spacial score (nSPS) is 14.0. The zero-order valence-electron chi connectivity index (χ0n) is 18.2. The lowest BCUT2D eigenvalue weighted by atomic mass is 9.99. The SMILES string of the molecule is CCOC(=O)c1c(C)c(C=C2C(=O)Nc3nc(C)c(-c4ccncc4)cc32)n(C)c1C. The van der Waals surface area contributed by atoms with Gasteiger partial charge in [0.05, 0.1) is 17.7 Å². The topological polar surface area (TPSA) is 86.1 Å². The van der Waals surface area contributed by atoms with Crippen molar-refractivity contribution in [1.29, 1.82) is 0 Å². The van der Waals surface area contributed by atoms with Crippen molar-refractivity contribution in [2.45, 2.75) is 27.7 Å². The zero-order chi connectivity index (χ0) is 22.3. The van der Waals surface area contributed by atoms with Crippen LogP contribution in [0, 0.1) is 20.8 Å². The Morgan fingerprint density at radius 1 is 1.19 bits per heavy atom. The Kier molecular flexibility index (Phi) is 5.19. The maximum atomic E-state index is 12.8. The summed E-state index contributed by atoms with van der Waals surface area (Å²) in [6.45, 7) is 7.75. The molecule has 0 fully saturated rings. The van der Waals surface area contributed by atoms with Crippen LogP contribution in [0.25, 0.3) is 22.8 Å². The van der Waals surface area contributed by atoms with Gasteiger partial charge in [0.2, 0.25) is 0 Å². The van der Waals surface area contributed by atoms with E-state index in [4.69, 9.17) is 4.74 Å². The summed E-state index contributed by atoms with van der Waals surface area (Å²) >= 11 is 0. The predicted molar refractivity (Wildman–Crippen MR) is 120 cm³/mol. The predicted octanol–water partition coefficient (Wildman–Crippen LogP) is 4.08. The molecule has 0 aromatic carbocycles. The third kappa shape index (κ3) is 3.42. The molecule has 7 nitrogen and oxygen atoms in total. The lowest BCUT2D eigenvalue weighted by molar-refractivity contribution is -0.110. The maximum absolute atomic E-state index is 12.8. The first-order chi connectivity index (χ1) is 14.8.